The summed E-state index contributed by atoms with van der Waals surface area (Å²) in [5.74, 6) is -0.615. The Balaban J connectivity index is 1.70. The molecule has 0 spiro atoms. The molecule has 0 saturated carbocycles. The van der Waals surface area contributed by atoms with Gasteiger partial charge >= 0.3 is 0 Å². The second-order valence-corrected chi connectivity index (χ2v) is 6.93. The maximum absolute atomic E-state index is 11.9. The maximum atomic E-state index is 11.9. The zero-order valence-electron chi connectivity index (χ0n) is 11.9. The van der Waals surface area contributed by atoms with Gasteiger partial charge in [0.25, 0.3) is 0 Å². The summed E-state index contributed by atoms with van der Waals surface area (Å²) in [5.41, 5.74) is 0. The van der Waals surface area contributed by atoms with Gasteiger partial charge in [0, 0.05) is 32.0 Å². The first kappa shape index (κ1) is 16.0. The molecule has 0 aliphatic carbocycles. The summed E-state index contributed by atoms with van der Waals surface area (Å²) in [6, 6.07) is 1.80. The molecular formula is C13H21N3O4S. The number of amides is 1. The Labute approximate surface area is 124 Å². The highest BCUT2D eigenvalue weighted by molar-refractivity contribution is 7.90. The number of sulfonamides is 1. The minimum Gasteiger partial charge on any atom is -0.377 e. The average molecular weight is 315 g/mol. The highest BCUT2D eigenvalue weighted by Crippen LogP contribution is 2.14. The fourth-order valence-corrected chi connectivity index (χ4v) is 3.57. The summed E-state index contributed by atoms with van der Waals surface area (Å²) < 4.78 is 32.9. The van der Waals surface area contributed by atoms with Crippen LogP contribution in [0.2, 0.25) is 0 Å². The third kappa shape index (κ3) is 5.84. The van der Waals surface area contributed by atoms with Crippen LogP contribution in [0.5, 0.6) is 0 Å². The lowest BCUT2D eigenvalue weighted by molar-refractivity contribution is -0.119. The second-order valence-electron chi connectivity index (χ2n) is 5.17. The molecule has 1 fully saturated rings. The number of nitrogens with one attached hydrogen (secondary N) is 1. The molecule has 8 heteroatoms. The lowest BCUT2D eigenvalue weighted by atomic mass is 10.1. The molecule has 1 amide bonds. The summed E-state index contributed by atoms with van der Waals surface area (Å²) in [4.78, 5) is 11.7. The lowest BCUT2D eigenvalue weighted by Gasteiger charge is -2.22. The van der Waals surface area contributed by atoms with E-state index in [1.54, 1.807) is 23.1 Å². The smallest absolute Gasteiger partial charge is 0.237 e. The highest BCUT2D eigenvalue weighted by atomic mass is 32.2. The number of ether oxygens (including phenoxy) is 1. The van der Waals surface area contributed by atoms with Crippen LogP contribution in [-0.2, 0) is 26.1 Å². The lowest BCUT2D eigenvalue weighted by Crippen LogP contribution is -2.38. The molecule has 2 heterocycles. The fourth-order valence-electron chi connectivity index (χ4n) is 2.28. The molecule has 21 heavy (non-hydrogen) atoms. The summed E-state index contributed by atoms with van der Waals surface area (Å²) in [6.07, 6.45) is 6.54. The van der Waals surface area contributed by atoms with E-state index >= 15 is 0 Å². The molecule has 0 bridgehead atoms. The van der Waals surface area contributed by atoms with Crippen molar-refractivity contribution in [3.05, 3.63) is 18.5 Å². The van der Waals surface area contributed by atoms with Crippen LogP contribution in [0.4, 0.5) is 0 Å². The third-order valence-electron chi connectivity index (χ3n) is 3.30. The number of aryl methyl sites for hydroxylation is 1. The van der Waals surface area contributed by atoms with E-state index in [0.29, 0.717) is 19.6 Å². The largest absolute Gasteiger partial charge is 0.377 e. The number of hydrogen-bond donors (Lipinski definition) is 1. The number of hydrogen-bond acceptors (Lipinski definition) is 5. The zero-order chi connectivity index (χ0) is 15.1. The molecule has 1 aromatic rings. The van der Waals surface area contributed by atoms with Crippen molar-refractivity contribution in [3.63, 3.8) is 0 Å². The molecule has 1 aliphatic heterocycles. The van der Waals surface area contributed by atoms with Crippen LogP contribution >= 0.6 is 0 Å². The van der Waals surface area contributed by atoms with Gasteiger partial charge in [-0.2, -0.15) is 5.10 Å². The van der Waals surface area contributed by atoms with Gasteiger partial charge in [-0.25, -0.2) is 8.42 Å². The number of aromatic nitrogens is 2. The van der Waals surface area contributed by atoms with Gasteiger partial charge in [-0.15, -0.1) is 0 Å². The van der Waals surface area contributed by atoms with Crippen molar-refractivity contribution >= 4 is 15.9 Å². The molecule has 1 aromatic heterocycles. The quantitative estimate of drug-likeness (QED) is 0.799. The number of carbonyl (C=O) groups is 1. The van der Waals surface area contributed by atoms with E-state index in [9.17, 15) is 13.2 Å². The molecule has 1 N–H and O–H groups in total. The minimum atomic E-state index is -3.61. The van der Waals surface area contributed by atoms with Crippen LogP contribution in [0.3, 0.4) is 0 Å². The third-order valence-corrected chi connectivity index (χ3v) is 4.65. The topological polar surface area (TPSA) is 90.3 Å². The van der Waals surface area contributed by atoms with Crippen molar-refractivity contribution in [1.29, 1.82) is 0 Å². The molecular weight excluding hydrogens is 294 g/mol. The molecule has 0 unspecified atom stereocenters. The number of carbonyl (C=O) groups excluding carboxylic acids is 1. The van der Waals surface area contributed by atoms with Gasteiger partial charge < -0.3 is 4.74 Å². The summed E-state index contributed by atoms with van der Waals surface area (Å²) >= 11 is 0. The number of nitrogens with zero attached hydrogens (tertiary/aromatic N) is 2. The van der Waals surface area contributed by atoms with Crippen molar-refractivity contribution < 1.29 is 17.9 Å². The van der Waals surface area contributed by atoms with E-state index in [1.807, 2.05) is 0 Å². The Hall–Kier alpha value is -1.41. The predicted molar refractivity (Wildman–Crippen MR) is 77.0 cm³/mol. The molecule has 118 valence electrons. The van der Waals surface area contributed by atoms with Crippen LogP contribution in [0.15, 0.2) is 18.5 Å². The van der Waals surface area contributed by atoms with Crippen LogP contribution in [-0.4, -0.2) is 42.6 Å². The van der Waals surface area contributed by atoms with Crippen LogP contribution in [0.25, 0.3) is 0 Å². The molecule has 1 atom stereocenters. The van der Waals surface area contributed by atoms with Crippen LogP contribution in [0, 0.1) is 0 Å². The minimum absolute atomic E-state index is 0.141. The molecule has 7 nitrogen and oxygen atoms in total. The normalized spacial score (nSPS) is 19.3. The van der Waals surface area contributed by atoms with Crippen molar-refractivity contribution in [2.75, 3.05) is 12.4 Å². The van der Waals surface area contributed by atoms with Gasteiger partial charge in [0.05, 0.1) is 11.9 Å². The van der Waals surface area contributed by atoms with E-state index in [4.69, 9.17) is 4.74 Å². The summed E-state index contributed by atoms with van der Waals surface area (Å²) in [5, 5.41) is 4.02. The Bertz CT molecular complexity index is 536. The van der Waals surface area contributed by atoms with E-state index < -0.39 is 15.9 Å². The summed E-state index contributed by atoms with van der Waals surface area (Å²) in [6.45, 7) is 1.18. The Morgan fingerprint density at radius 2 is 2.29 bits per heavy atom. The Morgan fingerprint density at radius 3 is 2.95 bits per heavy atom. The second kappa shape index (κ2) is 7.56. The van der Waals surface area contributed by atoms with Crippen molar-refractivity contribution in [2.45, 2.75) is 44.8 Å². The van der Waals surface area contributed by atoms with E-state index in [0.717, 1.165) is 19.3 Å². The van der Waals surface area contributed by atoms with Crippen molar-refractivity contribution in [2.24, 2.45) is 0 Å². The SMILES string of the molecule is O=C(CCCn1cccn1)NS(=O)(=O)C[C@H]1CCCCO1. The molecule has 2 rings (SSSR count). The van der Waals surface area contributed by atoms with Gasteiger partial charge in [0.1, 0.15) is 0 Å². The van der Waals surface area contributed by atoms with Crippen LogP contribution in [0.1, 0.15) is 32.1 Å². The van der Waals surface area contributed by atoms with Gasteiger partial charge in [0.2, 0.25) is 15.9 Å². The maximum Gasteiger partial charge on any atom is 0.237 e. The standard InChI is InChI=1S/C13H21N3O4S/c17-13(6-3-8-16-9-4-7-14-16)15-21(18,19)11-12-5-1-2-10-20-12/h4,7,9,12H,1-3,5-6,8,10-11H2,(H,15,17)/t12-/m1/s1. The molecule has 0 radical (unpaired) electrons. The van der Waals surface area contributed by atoms with Gasteiger partial charge in [-0.3, -0.25) is 14.2 Å². The van der Waals surface area contributed by atoms with E-state index in [-0.39, 0.29) is 18.3 Å². The Kier molecular flexibility index (Phi) is 5.75. The van der Waals surface area contributed by atoms with Crippen molar-refractivity contribution in [3.8, 4) is 0 Å². The Morgan fingerprint density at radius 1 is 1.43 bits per heavy atom. The van der Waals surface area contributed by atoms with E-state index in [2.05, 4.69) is 9.82 Å². The monoisotopic (exact) mass is 315 g/mol. The van der Waals surface area contributed by atoms with Gasteiger partial charge in [0.15, 0.2) is 0 Å². The zero-order valence-corrected chi connectivity index (χ0v) is 12.7. The molecule has 1 aliphatic rings. The molecule has 1 saturated heterocycles. The van der Waals surface area contributed by atoms with Gasteiger partial charge in [-0.1, -0.05) is 0 Å². The predicted octanol–water partition coefficient (Wildman–Crippen LogP) is 0.678. The van der Waals surface area contributed by atoms with Gasteiger partial charge in [-0.05, 0) is 31.7 Å². The van der Waals surface area contributed by atoms with Crippen molar-refractivity contribution in [1.82, 2.24) is 14.5 Å². The average Bonchev–Trinajstić information content (AvgIpc) is 2.91. The first-order valence-corrected chi connectivity index (χ1v) is 8.83. The molecule has 0 aromatic carbocycles. The first-order valence-electron chi connectivity index (χ1n) is 7.17. The van der Waals surface area contributed by atoms with E-state index in [1.165, 1.54) is 0 Å². The highest BCUT2D eigenvalue weighted by Gasteiger charge is 2.23. The first-order chi connectivity index (χ1) is 10.1. The van der Waals surface area contributed by atoms with Crippen LogP contribution < -0.4 is 4.72 Å². The summed E-state index contributed by atoms with van der Waals surface area (Å²) in [7, 11) is -3.61. The fraction of sp³-hybridized carbons (Fsp3) is 0.692. The number of rotatable bonds is 7.